The van der Waals surface area contributed by atoms with Gasteiger partial charge in [-0.2, -0.15) is 0 Å². The number of carbonyl (C=O) groups excluding carboxylic acids is 1. The van der Waals surface area contributed by atoms with Gasteiger partial charge in [0.25, 0.3) is 0 Å². The lowest BCUT2D eigenvalue weighted by molar-refractivity contribution is -0.163. The van der Waals surface area contributed by atoms with E-state index in [0.29, 0.717) is 5.88 Å². The Bertz CT molecular complexity index is 226. The van der Waals surface area contributed by atoms with Gasteiger partial charge in [-0.25, -0.2) is 10.2 Å². The van der Waals surface area contributed by atoms with E-state index in [1.54, 1.807) is 33.0 Å². The molecule has 0 spiro atoms. The SMILES string of the molecule is C=C(OC(C)(C)C(=O)OC)N(C)NC. The van der Waals surface area contributed by atoms with Crippen molar-refractivity contribution in [3.63, 3.8) is 0 Å². The second-order valence-electron chi connectivity index (χ2n) is 3.28. The van der Waals surface area contributed by atoms with Gasteiger partial charge in [0.05, 0.1) is 7.11 Å². The number of methoxy groups -OCH3 is 1. The number of nitrogens with zero attached hydrogens (tertiary/aromatic N) is 1. The molecule has 5 heteroatoms. The number of carbonyl (C=O) groups is 1. The molecule has 0 amide bonds. The maximum absolute atomic E-state index is 11.3. The lowest BCUT2D eigenvalue weighted by Crippen LogP contribution is -2.40. The van der Waals surface area contributed by atoms with Crippen molar-refractivity contribution in [1.82, 2.24) is 10.4 Å². The molecular weight excluding hydrogens is 184 g/mol. The molecule has 0 aliphatic rings. The number of hydrogen-bond acceptors (Lipinski definition) is 5. The highest BCUT2D eigenvalue weighted by molar-refractivity contribution is 5.78. The molecule has 0 heterocycles. The van der Waals surface area contributed by atoms with Crippen molar-refractivity contribution in [2.24, 2.45) is 0 Å². The van der Waals surface area contributed by atoms with Gasteiger partial charge in [0.1, 0.15) is 0 Å². The highest BCUT2D eigenvalue weighted by Gasteiger charge is 2.32. The van der Waals surface area contributed by atoms with E-state index in [2.05, 4.69) is 16.7 Å². The topological polar surface area (TPSA) is 50.8 Å². The molecule has 0 saturated heterocycles. The Labute approximate surface area is 84.6 Å². The number of ether oxygens (including phenoxy) is 2. The van der Waals surface area contributed by atoms with Crippen LogP contribution in [0.4, 0.5) is 0 Å². The average Bonchev–Trinajstić information content (AvgIpc) is 2.14. The predicted molar refractivity (Wildman–Crippen MR) is 53.1 cm³/mol. The molecule has 82 valence electrons. The van der Waals surface area contributed by atoms with E-state index in [4.69, 9.17) is 4.74 Å². The van der Waals surface area contributed by atoms with Crippen LogP contribution in [0.3, 0.4) is 0 Å². The molecule has 0 aliphatic carbocycles. The lowest BCUT2D eigenvalue weighted by Gasteiger charge is -2.28. The van der Waals surface area contributed by atoms with E-state index in [-0.39, 0.29) is 0 Å². The molecule has 1 N–H and O–H groups in total. The van der Waals surface area contributed by atoms with Crippen LogP contribution in [0.1, 0.15) is 13.8 Å². The predicted octanol–water partition coefficient (Wildman–Crippen LogP) is 0.492. The maximum atomic E-state index is 11.3. The number of hydrogen-bond donors (Lipinski definition) is 1. The van der Waals surface area contributed by atoms with E-state index >= 15 is 0 Å². The third-order valence-corrected chi connectivity index (χ3v) is 1.76. The standard InChI is InChI=1S/C9H18N2O3/c1-7(11(5)10-4)14-9(2,3)8(12)13-6/h10H,1H2,2-6H3. The Balaban J connectivity index is 4.36. The molecule has 0 saturated carbocycles. The van der Waals surface area contributed by atoms with Crippen LogP contribution >= 0.6 is 0 Å². The normalized spacial score (nSPS) is 10.6. The monoisotopic (exact) mass is 202 g/mol. The van der Waals surface area contributed by atoms with Crippen molar-refractivity contribution >= 4 is 5.97 Å². The number of nitrogens with one attached hydrogen (secondary N) is 1. The molecule has 0 aromatic rings. The van der Waals surface area contributed by atoms with Gasteiger partial charge in [0.15, 0.2) is 5.88 Å². The fraction of sp³-hybridized carbons (Fsp3) is 0.667. The first-order valence-electron chi connectivity index (χ1n) is 4.22. The van der Waals surface area contributed by atoms with Crippen LogP contribution in [0.2, 0.25) is 0 Å². The third-order valence-electron chi connectivity index (χ3n) is 1.76. The Hall–Kier alpha value is -1.23. The molecule has 5 nitrogen and oxygen atoms in total. The first-order valence-corrected chi connectivity index (χ1v) is 4.22. The van der Waals surface area contributed by atoms with Gasteiger partial charge < -0.3 is 9.47 Å². The largest absolute Gasteiger partial charge is 0.466 e. The van der Waals surface area contributed by atoms with E-state index in [1.807, 2.05) is 0 Å². The minimum Gasteiger partial charge on any atom is -0.466 e. The molecular formula is C9H18N2O3. The number of rotatable bonds is 5. The van der Waals surface area contributed by atoms with Crippen LogP contribution in [0.15, 0.2) is 12.5 Å². The maximum Gasteiger partial charge on any atom is 0.349 e. The number of esters is 1. The van der Waals surface area contributed by atoms with Gasteiger partial charge in [-0.1, -0.05) is 0 Å². The highest BCUT2D eigenvalue weighted by atomic mass is 16.6. The van der Waals surface area contributed by atoms with Crippen molar-refractivity contribution in [2.75, 3.05) is 21.2 Å². The minimum absolute atomic E-state index is 0.350. The summed E-state index contributed by atoms with van der Waals surface area (Å²) in [6, 6.07) is 0. The first kappa shape index (κ1) is 12.8. The second-order valence-corrected chi connectivity index (χ2v) is 3.28. The lowest BCUT2D eigenvalue weighted by atomic mass is 10.1. The first-order chi connectivity index (χ1) is 6.35. The van der Waals surface area contributed by atoms with E-state index in [1.165, 1.54) is 7.11 Å². The minimum atomic E-state index is -1.03. The Morgan fingerprint density at radius 2 is 2.00 bits per heavy atom. The number of hydrazine groups is 1. The van der Waals surface area contributed by atoms with Crippen LogP contribution in [0.5, 0.6) is 0 Å². The van der Waals surface area contributed by atoms with Gasteiger partial charge >= 0.3 is 5.97 Å². The third kappa shape index (κ3) is 3.26. The molecule has 14 heavy (non-hydrogen) atoms. The van der Waals surface area contributed by atoms with Crippen molar-refractivity contribution in [3.05, 3.63) is 12.5 Å². The van der Waals surface area contributed by atoms with E-state index < -0.39 is 11.6 Å². The molecule has 0 aliphatic heterocycles. The van der Waals surface area contributed by atoms with Crippen molar-refractivity contribution in [1.29, 1.82) is 0 Å². The quantitative estimate of drug-likeness (QED) is 0.399. The molecule has 0 bridgehead atoms. The Morgan fingerprint density at radius 3 is 2.36 bits per heavy atom. The van der Waals surface area contributed by atoms with Crippen LogP contribution in [0, 0.1) is 0 Å². The summed E-state index contributed by atoms with van der Waals surface area (Å²) in [5.41, 5.74) is 1.77. The molecule has 0 aromatic heterocycles. The van der Waals surface area contributed by atoms with Crippen LogP contribution in [-0.2, 0) is 14.3 Å². The van der Waals surface area contributed by atoms with Gasteiger partial charge in [0.2, 0.25) is 5.60 Å². The zero-order valence-corrected chi connectivity index (χ0v) is 9.38. The molecule has 0 rings (SSSR count). The molecule has 0 radical (unpaired) electrons. The van der Waals surface area contributed by atoms with Crippen molar-refractivity contribution in [3.8, 4) is 0 Å². The van der Waals surface area contributed by atoms with Gasteiger partial charge in [-0.05, 0) is 20.4 Å². The Kier molecular flexibility index (Phi) is 4.43. The summed E-state index contributed by atoms with van der Waals surface area (Å²) in [6.45, 7) is 6.90. The molecule has 0 fully saturated rings. The van der Waals surface area contributed by atoms with E-state index in [9.17, 15) is 4.79 Å². The summed E-state index contributed by atoms with van der Waals surface area (Å²) < 4.78 is 9.92. The summed E-state index contributed by atoms with van der Waals surface area (Å²) in [6.07, 6.45) is 0. The fourth-order valence-electron chi connectivity index (χ4n) is 0.775. The van der Waals surface area contributed by atoms with Crippen molar-refractivity contribution < 1.29 is 14.3 Å². The van der Waals surface area contributed by atoms with Gasteiger partial charge in [-0.3, -0.25) is 5.01 Å². The average molecular weight is 202 g/mol. The summed E-state index contributed by atoms with van der Waals surface area (Å²) in [5.74, 6) is -0.0916. The van der Waals surface area contributed by atoms with E-state index in [0.717, 1.165) is 0 Å². The molecule has 0 unspecified atom stereocenters. The summed E-state index contributed by atoms with van der Waals surface area (Å²) in [5, 5.41) is 1.56. The highest BCUT2D eigenvalue weighted by Crippen LogP contribution is 2.16. The van der Waals surface area contributed by atoms with Crippen LogP contribution < -0.4 is 5.43 Å². The van der Waals surface area contributed by atoms with Crippen LogP contribution in [0.25, 0.3) is 0 Å². The Morgan fingerprint density at radius 1 is 1.50 bits per heavy atom. The summed E-state index contributed by atoms with van der Waals surface area (Å²) in [4.78, 5) is 11.3. The summed E-state index contributed by atoms with van der Waals surface area (Å²) in [7, 11) is 4.77. The van der Waals surface area contributed by atoms with Crippen molar-refractivity contribution in [2.45, 2.75) is 19.4 Å². The van der Waals surface area contributed by atoms with Crippen LogP contribution in [-0.4, -0.2) is 37.8 Å². The molecule has 0 atom stereocenters. The van der Waals surface area contributed by atoms with Gasteiger partial charge in [0, 0.05) is 14.1 Å². The van der Waals surface area contributed by atoms with Gasteiger partial charge in [-0.15, -0.1) is 0 Å². The zero-order valence-electron chi connectivity index (χ0n) is 9.38. The summed E-state index contributed by atoms with van der Waals surface area (Å²) >= 11 is 0. The fourth-order valence-corrected chi connectivity index (χ4v) is 0.775. The zero-order chi connectivity index (χ0) is 11.4. The smallest absolute Gasteiger partial charge is 0.349 e. The second kappa shape index (κ2) is 4.85. The molecule has 0 aromatic carbocycles.